The molecule has 7 nitrogen and oxygen atoms in total. The number of aliphatic carboxylic acids is 1. The van der Waals surface area contributed by atoms with Gasteiger partial charge in [0.1, 0.15) is 5.69 Å². The monoisotopic (exact) mass is 299 g/mol. The van der Waals surface area contributed by atoms with Crippen molar-refractivity contribution < 1.29 is 19.5 Å². The lowest BCUT2D eigenvalue weighted by atomic mass is 10.1. The summed E-state index contributed by atoms with van der Waals surface area (Å²) in [6, 6.07) is 0. The van der Waals surface area contributed by atoms with Crippen molar-refractivity contribution in [1.82, 2.24) is 9.88 Å². The predicted molar refractivity (Wildman–Crippen MR) is 74.8 cm³/mol. The number of rotatable bonds is 6. The van der Waals surface area contributed by atoms with Gasteiger partial charge in [-0.15, -0.1) is 11.3 Å². The van der Waals surface area contributed by atoms with Gasteiger partial charge in [-0.25, -0.2) is 4.98 Å². The fourth-order valence-corrected chi connectivity index (χ4v) is 2.24. The Morgan fingerprint density at radius 1 is 1.50 bits per heavy atom. The van der Waals surface area contributed by atoms with Gasteiger partial charge in [-0.1, -0.05) is 6.92 Å². The topological polar surface area (TPSA) is 99.6 Å². The van der Waals surface area contributed by atoms with E-state index in [4.69, 9.17) is 5.11 Å². The minimum Gasteiger partial charge on any atom is -0.481 e. The van der Waals surface area contributed by atoms with Crippen molar-refractivity contribution in [3.05, 3.63) is 11.1 Å². The molecule has 1 heterocycles. The third-order valence-electron chi connectivity index (χ3n) is 2.59. The number of hydrogen-bond acceptors (Lipinski definition) is 5. The number of nitrogens with zero attached hydrogens (tertiary/aromatic N) is 2. The second-order valence-electron chi connectivity index (χ2n) is 4.30. The molecule has 110 valence electrons. The Hall–Kier alpha value is -1.96. The van der Waals surface area contributed by atoms with Crippen molar-refractivity contribution in [2.24, 2.45) is 5.92 Å². The van der Waals surface area contributed by atoms with Gasteiger partial charge in [0.2, 0.25) is 5.91 Å². The van der Waals surface area contributed by atoms with Crippen LogP contribution in [0, 0.1) is 5.92 Å². The number of carboxylic acid groups (broad SMARTS) is 1. The van der Waals surface area contributed by atoms with Crippen LogP contribution in [-0.2, 0) is 9.59 Å². The number of aromatic nitrogens is 1. The van der Waals surface area contributed by atoms with Crippen molar-refractivity contribution >= 4 is 34.3 Å². The van der Waals surface area contributed by atoms with E-state index >= 15 is 0 Å². The van der Waals surface area contributed by atoms with E-state index in [0.29, 0.717) is 11.7 Å². The van der Waals surface area contributed by atoms with E-state index in [2.05, 4.69) is 10.3 Å². The van der Waals surface area contributed by atoms with Crippen LogP contribution >= 0.6 is 11.3 Å². The molecule has 1 atom stereocenters. The Bertz CT molecular complexity index is 515. The Labute approximate surface area is 120 Å². The first-order valence-corrected chi connectivity index (χ1v) is 6.98. The number of carbonyl (C=O) groups excluding carboxylic acids is 2. The van der Waals surface area contributed by atoms with Crippen LogP contribution in [0.5, 0.6) is 0 Å². The number of thiazole rings is 1. The summed E-state index contributed by atoms with van der Waals surface area (Å²) in [7, 11) is 0. The van der Waals surface area contributed by atoms with Gasteiger partial charge in [0, 0.05) is 25.4 Å². The molecule has 1 unspecified atom stereocenters. The summed E-state index contributed by atoms with van der Waals surface area (Å²) in [5.41, 5.74) is 0.207. The Kier molecular flexibility index (Phi) is 5.63. The second-order valence-corrected chi connectivity index (χ2v) is 5.16. The molecule has 0 fully saturated rings. The summed E-state index contributed by atoms with van der Waals surface area (Å²) in [4.78, 5) is 39.4. The van der Waals surface area contributed by atoms with E-state index in [1.165, 1.54) is 11.8 Å². The fraction of sp³-hybridized carbons (Fsp3) is 0.500. The van der Waals surface area contributed by atoms with Crippen molar-refractivity contribution in [3.8, 4) is 0 Å². The molecule has 0 aliphatic carbocycles. The highest BCUT2D eigenvalue weighted by molar-refractivity contribution is 7.14. The van der Waals surface area contributed by atoms with Gasteiger partial charge in [-0.2, -0.15) is 0 Å². The van der Waals surface area contributed by atoms with Gasteiger partial charge in [0.25, 0.3) is 5.91 Å². The first kappa shape index (κ1) is 16.1. The molecule has 1 rings (SSSR count). The highest BCUT2D eigenvalue weighted by atomic mass is 32.1. The van der Waals surface area contributed by atoms with Crippen LogP contribution in [-0.4, -0.2) is 45.9 Å². The van der Waals surface area contributed by atoms with Crippen LogP contribution in [0.4, 0.5) is 5.13 Å². The zero-order valence-corrected chi connectivity index (χ0v) is 12.4. The third-order valence-corrected chi connectivity index (χ3v) is 3.35. The van der Waals surface area contributed by atoms with Gasteiger partial charge >= 0.3 is 5.97 Å². The molecule has 2 amide bonds. The highest BCUT2D eigenvalue weighted by Crippen LogP contribution is 2.17. The molecule has 2 N–H and O–H groups in total. The van der Waals surface area contributed by atoms with Crippen molar-refractivity contribution in [1.29, 1.82) is 0 Å². The average Bonchev–Trinajstić information content (AvgIpc) is 2.82. The van der Waals surface area contributed by atoms with E-state index in [9.17, 15) is 14.4 Å². The van der Waals surface area contributed by atoms with Crippen LogP contribution in [0.1, 0.15) is 31.3 Å². The van der Waals surface area contributed by atoms with E-state index in [0.717, 1.165) is 11.3 Å². The molecule has 0 aliphatic heterocycles. The number of nitrogens with one attached hydrogen (secondary N) is 1. The first-order chi connectivity index (χ1) is 9.35. The SMILES string of the molecule is CCN(CC(C)C(=O)O)C(=O)c1csc(NC(C)=O)n1. The molecule has 20 heavy (non-hydrogen) atoms. The quantitative estimate of drug-likeness (QED) is 0.824. The van der Waals surface area contributed by atoms with Gasteiger partial charge in [0.15, 0.2) is 5.13 Å². The normalized spacial score (nSPS) is 11.8. The molecule has 8 heteroatoms. The molecule has 1 aromatic rings. The molecule has 0 radical (unpaired) electrons. The Balaban J connectivity index is 2.78. The summed E-state index contributed by atoms with van der Waals surface area (Å²) in [6.45, 7) is 5.19. The maximum atomic E-state index is 12.2. The predicted octanol–water partition coefficient (Wildman–Crippen LogP) is 1.28. The summed E-state index contributed by atoms with van der Waals surface area (Å²) in [5.74, 6) is -2.19. The van der Waals surface area contributed by atoms with E-state index < -0.39 is 11.9 Å². The molecule has 0 bridgehead atoms. The minimum atomic E-state index is -0.950. The van der Waals surface area contributed by atoms with Gasteiger partial charge in [-0.05, 0) is 6.92 Å². The number of hydrogen-bond donors (Lipinski definition) is 2. The maximum Gasteiger partial charge on any atom is 0.308 e. The second kappa shape index (κ2) is 6.99. The van der Waals surface area contributed by atoms with Crippen molar-refractivity contribution in [2.45, 2.75) is 20.8 Å². The summed E-state index contributed by atoms with van der Waals surface area (Å²) in [5, 5.41) is 13.3. The number of anilines is 1. The fourth-order valence-electron chi connectivity index (χ4n) is 1.51. The molecular weight excluding hydrogens is 282 g/mol. The third kappa shape index (κ3) is 4.30. The Morgan fingerprint density at radius 3 is 2.65 bits per heavy atom. The van der Waals surface area contributed by atoms with Crippen LogP contribution in [0.3, 0.4) is 0 Å². The highest BCUT2D eigenvalue weighted by Gasteiger charge is 2.22. The smallest absolute Gasteiger partial charge is 0.308 e. The Morgan fingerprint density at radius 2 is 2.15 bits per heavy atom. The molecule has 0 aliphatic rings. The van der Waals surface area contributed by atoms with Crippen LogP contribution in [0.15, 0.2) is 5.38 Å². The van der Waals surface area contributed by atoms with E-state index in [1.807, 2.05) is 0 Å². The minimum absolute atomic E-state index is 0.123. The zero-order chi connectivity index (χ0) is 15.3. The number of carboxylic acids is 1. The summed E-state index contributed by atoms with van der Waals surface area (Å²) in [6.07, 6.45) is 0. The lowest BCUT2D eigenvalue weighted by Gasteiger charge is -2.21. The first-order valence-electron chi connectivity index (χ1n) is 6.10. The summed E-state index contributed by atoms with van der Waals surface area (Å²) >= 11 is 1.15. The number of amides is 2. The molecule has 0 spiro atoms. The molecule has 1 aromatic heterocycles. The molecular formula is C12H17N3O4S. The van der Waals surface area contributed by atoms with E-state index in [1.54, 1.807) is 19.2 Å². The number of carbonyl (C=O) groups is 3. The average molecular weight is 299 g/mol. The zero-order valence-electron chi connectivity index (χ0n) is 11.5. The van der Waals surface area contributed by atoms with Crippen LogP contribution in [0.25, 0.3) is 0 Å². The van der Waals surface area contributed by atoms with Gasteiger partial charge in [-0.3, -0.25) is 14.4 Å². The van der Waals surface area contributed by atoms with Crippen LogP contribution in [0.2, 0.25) is 0 Å². The van der Waals surface area contributed by atoms with Crippen LogP contribution < -0.4 is 5.32 Å². The lowest BCUT2D eigenvalue weighted by Crippen LogP contribution is -2.36. The maximum absolute atomic E-state index is 12.2. The largest absolute Gasteiger partial charge is 0.481 e. The molecule has 0 saturated carbocycles. The standard InChI is InChI=1S/C12H17N3O4S/c1-4-15(5-7(2)11(18)19)10(17)9-6-20-12(14-9)13-8(3)16/h6-7H,4-5H2,1-3H3,(H,18,19)(H,13,14,16). The van der Waals surface area contributed by atoms with Gasteiger partial charge < -0.3 is 15.3 Å². The molecule has 0 aromatic carbocycles. The molecule has 0 saturated heterocycles. The van der Waals surface area contributed by atoms with Crippen molar-refractivity contribution in [3.63, 3.8) is 0 Å². The lowest BCUT2D eigenvalue weighted by molar-refractivity contribution is -0.141. The van der Waals surface area contributed by atoms with E-state index in [-0.39, 0.29) is 24.1 Å². The van der Waals surface area contributed by atoms with Crippen molar-refractivity contribution in [2.75, 3.05) is 18.4 Å². The summed E-state index contributed by atoms with van der Waals surface area (Å²) < 4.78 is 0. The van der Waals surface area contributed by atoms with Gasteiger partial charge in [0.05, 0.1) is 5.92 Å².